The van der Waals surface area contributed by atoms with Gasteiger partial charge in [0.1, 0.15) is 5.37 Å². The molecule has 2 rings (SSSR count). The van der Waals surface area contributed by atoms with Gasteiger partial charge in [0.2, 0.25) is 0 Å². The van der Waals surface area contributed by atoms with E-state index in [2.05, 4.69) is 5.32 Å². The van der Waals surface area contributed by atoms with Gasteiger partial charge in [-0.3, -0.25) is 0 Å². The maximum absolute atomic E-state index is 12.1. The van der Waals surface area contributed by atoms with Crippen LogP contribution < -0.4 is 5.32 Å². The van der Waals surface area contributed by atoms with Crippen LogP contribution in [0.4, 0.5) is 0 Å². The Balaban J connectivity index is 2.36. The lowest BCUT2D eigenvalue weighted by Crippen LogP contribution is -2.30. The Hall–Kier alpha value is -0.870. The minimum atomic E-state index is -3.17. The van der Waals surface area contributed by atoms with Crippen LogP contribution in [0.5, 0.6) is 0 Å². The molecule has 0 amide bonds. The first-order valence-electron chi connectivity index (χ1n) is 5.15. The summed E-state index contributed by atoms with van der Waals surface area (Å²) in [6.07, 6.45) is 1.66. The fourth-order valence-corrected chi connectivity index (χ4v) is 3.64. The van der Waals surface area contributed by atoms with Crippen molar-refractivity contribution in [2.45, 2.75) is 30.0 Å². The van der Waals surface area contributed by atoms with Crippen molar-refractivity contribution in [1.29, 1.82) is 0 Å². The van der Waals surface area contributed by atoms with E-state index in [0.717, 1.165) is 24.9 Å². The molecule has 1 N–H and O–H groups in total. The van der Waals surface area contributed by atoms with Crippen molar-refractivity contribution < 1.29 is 8.42 Å². The van der Waals surface area contributed by atoms with E-state index in [4.69, 9.17) is 0 Å². The highest BCUT2D eigenvalue weighted by molar-refractivity contribution is 7.92. The Bertz CT molecular complexity index is 447. The van der Waals surface area contributed by atoms with Gasteiger partial charge in [0, 0.05) is 0 Å². The molecule has 1 aromatic rings. The van der Waals surface area contributed by atoms with Crippen LogP contribution >= 0.6 is 0 Å². The molecule has 0 spiro atoms. The van der Waals surface area contributed by atoms with Crippen molar-refractivity contribution in [3.8, 4) is 0 Å². The molecule has 1 aliphatic rings. The molecular formula is C11H15NO2S. The molecule has 1 unspecified atom stereocenters. The second kappa shape index (κ2) is 3.94. The summed E-state index contributed by atoms with van der Waals surface area (Å²) in [4.78, 5) is 0.432. The molecule has 0 aliphatic carbocycles. The largest absolute Gasteiger partial charge is 0.301 e. The lowest BCUT2D eigenvalue weighted by molar-refractivity contribution is 0.571. The minimum Gasteiger partial charge on any atom is -0.301 e. The smallest absolute Gasteiger partial charge is 0.194 e. The van der Waals surface area contributed by atoms with Gasteiger partial charge >= 0.3 is 0 Å². The molecule has 1 aliphatic heterocycles. The maximum Gasteiger partial charge on any atom is 0.194 e. The summed E-state index contributed by atoms with van der Waals surface area (Å²) in [7, 11) is -3.17. The topological polar surface area (TPSA) is 46.2 Å². The molecule has 0 aromatic heterocycles. The average Bonchev–Trinajstić information content (AvgIpc) is 2.71. The van der Waals surface area contributed by atoms with Crippen molar-refractivity contribution in [3.05, 3.63) is 29.8 Å². The highest BCUT2D eigenvalue weighted by Gasteiger charge is 2.29. The molecule has 15 heavy (non-hydrogen) atoms. The molecule has 0 radical (unpaired) electrons. The number of hydrogen-bond acceptors (Lipinski definition) is 3. The Morgan fingerprint density at radius 2 is 2.20 bits per heavy atom. The second-order valence-electron chi connectivity index (χ2n) is 3.95. The zero-order chi connectivity index (χ0) is 10.9. The molecule has 82 valence electrons. The summed E-state index contributed by atoms with van der Waals surface area (Å²) in [5.74, 6) is 0. The highest BCUT2D eigenvalue weighted by Crippen LogP contribution is 2.21. The quantitative estimate of drug-likeness (QED) is 0.829. The van der Waals surface area contributed by atoms with Crippen LogP contribution in [0.2, 0.25) is 0 Å². The maximum atomic E-state index is 12.1. The third kappa shape index (κ3) is 2.06. The SMILES string of the molecule is Cc1cccc(S(=O)(=O)C2CCCN2)c1. The Morgan fingerprint density at radius 1 is 1.40 bits per heavy atom. The normalized spacial score (nSPS) is 21.8. The zero-order valence-corrected chi connectivity index (χ0v) is 9.55. The van der Waals surface area contributed by atoms with Crippen LogP contribution in [-0.2, 0) is 9.84 Å². The first kappa shape index (κ1) is 10.6. The summed E-state index contributed by atoms with van der Waals surface area (Å²) >= 11 is 0. The molecule has 3 nitrogen and oxygen atoms in total. The van der Waals surface area contributed by atoms with E-state index in [0.29, 0.717) is 4.90 Å². The molecule has 1 heterocycles. The number of nitrogens with one attached hydrogen (secondary N) is 1. The van der Waals surface area contributed by atoms with E-state index in [1.54, 1.807) is 18.2 Å². The lowest BCUT2D eigenvalue weighted by atomic mass is 10.2. The number of sulfone groups is 1. The first-order valence-corrected chi connectivity index (χ1v) is 6.69. The van der Waals surface area contributed by atoms with Crippen LogP contribution in [0, 0.1) is 6.92 Å². The van der Waals surface area contributed by atoms with Crippen molar-refractivity contribution in [1.82, 2.24) is 5.32 Å². The van der Waals surface area contributed by atoms with Gasteiger partial charge in [-0.05, 0) is 44.0 Å². The van der Waals surface area contributed by atoms with Crippen LogP contribution in [-0.4, -0.2) is 20.3 Å². The van der Waals surface area contributed by atoms with Crippen molar-refractivity contribution >= 4 is 9.84 Å². The van der Waals surface area contributed by atoms with Crippen molar-refractivity contribution in [2.24, 2.45) is 0 Å². The molecular weight excluding hydrogens is 210 g/mol. The highest BCUT2D eigenvalue weighted by atomic mass is 32.2. The average molecular weight is 225 g/mol. The molecule has 1 atom stereocenters. The third-order valence-corrected chi connectivity index (χ3v) is 4.77. The fourth-order valence-electron chi connectivity index (χ4n) is 1.87. The van der Waals surface area contributed by atoms with E-state index in [1.165, 1.54) is 0 Å². The Labute approximate surface area is 90.4 Å². The molecule has 1 fully saturated rings. The monoisotopic (exact) mass is 225 g/mol. The van der Waals surface area contributed by atoms with Crippen molar-refractivity contribution in [3.63, 3.8) is 0 Å². The molecule has 0 saturated carbocycles. The summed E-state index contributed by atoms with van der Waals surface area (Å²) in [6.45, 7) is 2.71. The zero-order valence-electron chi connectivity index (χ0n) is 8.73. The Kier molecular flexibility index (Phi) is 2.80. The summed E-state index contributed by atoms with van der Waals surface area (Å²) < 4.78 is 24.2. The van der Waals surface area contributed by atoms with E-state index < -0.39 is 9.84 Å². The summed E-state index contributed by atoms with van der Waals surface area (Å²) in [5.41, 5.74) is 0.981. The lowest BCUT2D eigenvalue weighted by Gasteiger charge is -2.12. The van der Waals surface area contributed by atoms with Crippen LogP contribution in [0.15, 0.2) is 29.2 Å². The first-order chi connectivity index (χ1) is 7.10. The standard InChI is InChI=1S/C11H15NO2S/c1-9-4-2-5-10(8-9)15(13,14)11-6-3-7-12-11/h2,4-5,8,11-12H,3,6-7H2,1H3. The number of rotatable bonds is 2. The van der Waals surface area contributed by atoms with Crippen LogP contribution in [0.1, 0.15) is 18.4 Å². The molecule has 4 heteroatoms. The predicted octanol–water partition coefficient (Wildman–Crippen LogP) is 1.48. The summed E-state index contributed by atoms with van der Waals surface area (Å²) in [5, 5.41) is 2.64. The van der Waals surface area contributed by atoms with Gasteiger partial charge in [0.25, 0.3) is 0 Å². The van der Waals surface area contributed by atoms with Crippen LogP contribution in [0.3, 0.4) is 0 Å². The van der Waals surface area contributed by atoms with E-state index in [-0.39, 0.29) is 5.37 Å². The van der Waals surface area contributed by atoms with Crippen LogP contribution in [0.25, 0.3) is 0 Å². The minimum absolute atomic E-state index is 0.390. The van der Waals surface area contributed by atoms with E-state index >= 15 is 0 Å². The molecule has 1 aromatic carbocycles. The number of benzene rings is 1. The van der Waals surface area contributed by atoms with Gasteiger partial charge in [-0.2, -0.15) is 0 Å². The number of aryl methyl sites for hydroxylation is 1. The molecule has 1 saturated heterocycles. The van der Waals surface area contributed by atoms with Gasteiger partial charge in [-0.15, -0.1) is 0 Å². The van der Waals surface area contributed by atoms with Gasteiger partial charge in [-0.25, -0.2) is 8.42 Å². The number of hydrogen-bond donors (Lipinski definition) is 1. The van der Waals surface area contributed by atoms with Crippen molar-refractivity contribution in [2.75, 3.05) is 6.54 Å². The van der Waals surface area contributed by atoms with E-state index in [1.807, 2.05) is 13.0 Å². The van der Waals surface area contributed by atoms with Gasteiger partial charge < -0.3 is 5.32 Å². The second-order valence-corrected chi connectivity index (χ2v) is 6.08. The third-order valence-electron chi connectivity index (χ3n) is 2.71. The van der Waals surface area contributed by atoms with E-state index in [9.17, 15) is 8.42 Å². The van der Waals surface area contributed by atoms with Gasteiger partial charge in [0.05, 0.1) is 4.90 Å². The van der Waals surface area contributed by atoms with Gasteiger partial charge in [-0.1, -0.05) is 12.1 Å². The Morgan fingerprint density at radius 3 is 2.80 bits per heavy atom. The summed E-state index contributed by atoms with van der Waals surface area (Å²) in [6, 6.07) is 7.09. The van der Waals surface area contributed by atoms with Gasteiger partial charge in [0.15, 0.2) is 9.84 Å². The molecule has 0 bridgehead atoms. The predicted molar refractivity (Wildman–Crippen MR) is 59.4 cm³/mol. The fraction of sp³-hybridized carbons (Fsp3) is 0.455.